The van der Waals surface area contributed by atoms with Gasteiger partial charge >= 0.3 is 0 Å². The van der Waals surface area contributed by atoms with Gasteiger partial charge in [-0.1, -0.05) is 35.9 Å². The van der Waals surface area contributed by atoms with Crippen molar-refractivity contribution in [3.05, 3.63) is 94.0 Å². The normalized spacial score (nSPS) is 11.6. The van der Waals surface area contributed by atoms with Gasteiger partial charge in [0.05, 0.1) is 12.6 Å². The Labute approximate surface area is 182 Å². The van der Waals surface area contributed by atoms with Crippen LogP contribution in [-0.2, 0) is 6.61 Å². The van der Waals surface area contributed by atoms with E-state index in [1.54, 1.807) is 6.07 Å². The zero-order valence-electron chi connectivity index (χ0n) is 17.4. The Morgan fingerprint density at radius 3 is 2.50 bits per heavy atom. The van der Waals surface area contributed by atoms with Crippen molar-refractivity contribution in [2.75, 3.05) is 6.61 Å². The van der Waals surface area contributed by atoms with Crippen LogP contribution in [-0.4, -0.2) is 12.5 Å². The second kappa shape index (κ2) is 10.2. The first-order chi connectivity index (χ1) is 14.5. The lowest BCUT2D eigenvalue weighted by Gasteiger charge is -2.16. The van der Waals surface area contributed by atoms with Crippen LogP contribution in [0.3, 0.4) is 0 Å². The van der Waals surface area contributed by atoms with Gasteiger partial charge in [0.15, 0.2) is 0 Å². The molecule has 0 aliphatic heterocycles. The van der Waals surface area contributed by atoms with E-state index in [2.05, 4.69) is 5.32 Å². The fraction of sp³-hybridized carbons (Fsp3) is 0.240. The highest BCUT2D eigenvalue weighted by molar-refractivity contribution is 6.30. The van der Waals surface area contributed by atoms with Gasteiger partial charge in [0, 0.05) is 16.1 Å². The molecule has 1 amide bonds. The summed E-state index contributed by atoms with van der Waals surface area (Å²) in [6.45, 7) is 6.74. The lowest BCUT2D eigenvalue weighted by atomic mass is 10.1. The first-order valence-electron chi connectivity index (χ1n) is 9.97. The average molecular weight is 424 g/mol. The third-order valence-corrected chi connectivity index (χ3v) is 4.98. The standard InChI is InChI=1S/C25H26ClNO3/c1-4-29-24-13-10-20(15-21(24)16-30-23-7-5-6-17(2)14-23)25(28)27-18(3)19-8-11-22(26)12-9-19/h5-15,18H,4,16H2,1-3H3,(H,27,28)/t18-/m0/s1. The van der Waals surface area contributed by atoms with Gasteiger partial charge in [-0.25, -0.2) is 0 Å². The molecule has 5 heteroatoms. The van der Waals surface area contributed by atoms with Crippen molar-refractivity contribution in [1.29, 1.82) is 0 Å². The average Bonchev–Trinajstić information content (AvgIpc) is 2.73. The van der Waals surface area contributed by atoms with Crippen LogP contribution < -0.4 is 14.8 Å². The molecule has 3 aromatic carbocycles. The Morgan fingerprint density at radius 1 is 1.03 bits per heavy atom. The van der Waals surface area contributed by atoms with Gasteiger partial charge in [0.1, 0.15) is 18.1 Å². The van der Waals surface area contributed by atoms with Crippen LogP contribution in [0.5, 0.6) is 11.5 Å². The van der Waals surface area contributed by atoms with E-state index >= 15 is 0 Å². The highest BCUT2D eigenvalue weighted by Gasteiger charge is 2.14. The minimum atomic E-state index is -0.155. The predicted molar refractivity (Wildman–Crippen MR) is 120 cm³/mol. The molecule has 0 saturated carbocycles. The number of hydrogen-bond donors (Lipinski definition) is 1. The summed E-state index contributed by atoms with van der Waals surface area (Å²) >= 11 is 5.95. The van der Waals surface area contributed by atoms with Crippen molar-refractivity contribution in [2.45, 2.75) is 33.4 Å². The molecule has 0 saturated heterocycles. The molecule has 0 radical (unpaired) electrons. The molecule has 0 fully saturated rings. The summed E-state index contributed by atoms with van der Waals surface area (Å²) in [6.07, 6.45) is 0. The number of carbonyl (C=O) groups is 1. The predicted octanol–water partition coefficient (Wildman–Crippen LogP) is 6.12. The van der Waals surface area contributed by atoms with Gasteiger partial charge < -0.3 is 14.8 Å². The summed E-state index contributed by atoms with van der Waals surface area (Å²) in [5, 5.41) is 3.70. The van der Waals surface area contributed by atoms with Crippen LogP contribution >= 0.6 is 11.6 Å². The lowest BCUT2D eigenvalue weighted by molar-refractivity contribution is 0.0939. The van der Waals surface area contributed by atoms with E-state index in [0.717, 1.165) is 22.4 Å². The molecule has 0 spiro atoms. The molecule has 0 aliphatic rings. The third kappa shape index (κ3) is 5.77. The number of halogens is 1. The zero-order chi connectivity index (χ0) is 21.5. The Balaban J connectivity index is 1.74. The minimum absolute atomic E-state index is 0.145. The molecule has 1 atom stereocenters. The molecule has 3 aromatic rings. The summed E-state index contributed by atoms with van der Waals surface area (Å²) in [4.78, 5) is 12.8. The number of benzene rings is 3. The van der Waals surface area contributed by atoms with Crippen LogP contribution in [0, 0.1) is 6.92 Å². The topological polar surface area (TPSA) is 47.6 Å². The van der Waals surface area contributed by atoms with Crippen molar-refractivity contribution in [3.63, 3.8) is 0 Å². The van der Waals surface area contributed by atoms with E-state index in [9.17, 15) is 4.79 Å². The van der Waals surface area contributed by atoms with Gasteiger partial charge in [-0.05, 0) is 74.4 Å². The first-order valence-corrected chi connectivity index (χ1v) is 10.4. The molecule has 0 aromatic heterocycles. The van der Waals surface area contributed by atoms with Crippen molar-refractivity contribution in [2.24, 2.45) is 0 Å². The van der Waals surface area contributed by atoms with E-state index < -0.39 is 0 Å². The molecule has 30 heavy (non-hydrogen) atoms. The van der Waals surface area contributed by atoms with E-state index in [-0.39, 0.29) is 11.9 Å². The highest BCUT2D eigenvalue weighted by atomic mass is 35.5. The van der Waals surface area contributed by atoms with Gasteiger partial charge in [0.25, 0.3) is 5.91 Å². The van der Waals surface area contributed by atoms with Crippen LogP contribution in [0.4, 0.5) is 0 Å². The van der Waals surface area contributed by atoms with Crippen LogP contribution in [0.2, 0.25) is 5.02 Å². The van der Waals surface area contributed by atoms with Crippen LogP contribution in [0.25, 0.3) is 0 Å². The molecule has 0 bridgehead atoms. The quantitative estimate of drug-likeness (QED) is 0.475. The number of carbonyl (C=O) groups excluding carboxylic acids is 1. The minimum Gasteiger partial charge on any atom is -0.493 e. The molecule has 4 nitrogen and oxygen atoms in total. The van der Waals surface area contributed by atoms with E-state index in [1.165, 1.54) is 0 Å². The van der Waals surface area contributed by atoms with Gasteiger partial charge in [0.2, 0.25) is 0 Å². The van der Waals surface area contributed by atoms with Crippen LogP contribution in [0.1, 0.15) is 46.9 Å². The fourth-order valence-electron chi connectivity index (χ4n) is 3.11. The maximum absolute atomic E-state index is 12.8. The van der Waals surface area contributed by atoms with Crippen molar-refractivity contribution >= 4 is 17.5 Å². The molecule has 156 valence electrons. The van der Waals surface area contributed by atoms with Crippen LogP contribution in [0.15, 0.2) is 66.7 Å². The van der Waals surface area contributed by atoms with E-state index in [4.69, 9.17) is 21.1 Å². The lowest BCUT2D eigenvalue weighted by Crippen LogP contribution is -2.26. The number of hydrogen-bond acceptors (Lipinski definition) is 3. The fourth-order valence-corrected chi connectivity index (χ4v) is 3.24. The number of rotatable bonds is 8. The van der Waals surface area contributed by atoms with E-state index in [1.807, 2.05) is 81.4 Å². The Bertz CT molecular complexity index is 1000. The Hall–Kier alpha value is -2.98. The molecule has 0 aliphatic carbocycles. The number of ether oxygens (including phenoxy) is 2. The summed E-state index contributed by atoms with van der Waals surface area (Å²) in [7, 11) is 0. The molecule has 0 heterocycles. The largest absolute Gasteiger partial charge is 0.493 e. The smallest absolute Gasteiger partial charge is 0.251 e. The first kappa shape index (κ1) is 21.7. The Kier molecular flexibility index (Phi) is 7.36. The molecular weight excluding hydrogens is 398 g/mol. The van der Waals surface area contributed by atoms with E-state index in [0.29, 0.717) is 29.5 Å². The molecule has 1 N–H and O–H groups in total. The summed E-state index contributed by atoms with van der Waals surface area (Å²) < 4.78 is 11.7. The van der Waals surface area contributed by atoms with Gasteiger partial charge in [-0.3, -0.25) is 4.79 Å². The SMILES string of the molecule is CCOc1ccc(C(=O)N[C@@H](C)c2ccc(Cl)cc2)cc1COc1cccc(C)c1. The van der Waals surface area contributed by atoms with Crippen molar-refractivity contribution in [1.82, 2.24) is 5.32 Å². The monoisotopic (exact) mass is 423 g/mol. The Morgan fingerprint density at radius 2 is 1.80 bits per heavy atom. The number of amides is 1. The zero-order valence-corrected chi connectivity index (χ0v) is 18.2. The number of nitrogens with one attached hydrogen (secondary N) is 1. The molecular formula is C25H26ClNO3. The summed E-state index contributed by atoms with van der Waals surface area (Å²) in [6, 6.07) is 20.6. The maximum Gasteiger partial charge on any atom is 0.251 e. The van der Waals surface area contributed by atoms with Gasteiger partial charge in [-0.15, -0.1) is 0 Å². The second-order valence-electron chi connectivity index (χ2n) is 7.11. The third-order valence-electron chi connectivity index (χ3n) is 4.72. The second-order valence-corrected chi connectivity index (χ2v) is 7.54. The molecule has 0 unspecified atom stereocenters. The highest BCUT2D eigenvalue weighted by Crippen LogP contribution is 2.24. The van der Waals surface area contributed by atoms with Gasteiger partial charge in [-0.2, -0.15) is 0 Å². The summed E-state index contributed by atoms with van der Waals surface area (Å²) in [5.41, 5.74) is 3.50. The number of aryl methyl sites for hydroxylation is 1. The summed E-state index contributed by atoms with van der Waals surface area (Å²) in [5.74, 6) is 1.34. The molecule has 3 rings (SSSR count). The van der Waals surface area contributed by atoms with Crippen molar-refractivity contribution < 1.29 is 14.3 Å². The van der Waals surface area contributed by atoms with Crippen molar-refractivity contribution in [3.8, 4) is 11.5 Å². The maximum atomic E-state index is 12.8.